The minimum Gasteiger partial charge on any atom is -0.468 e. The first-order chi connectivity index (χ1) is 9.87. The van der Waals surface area contributed by atoms with E-state index in [0.29, 0.717) is 25.9 Å². The van der Waals surface area contributed by atoms with Crippen LogP contribution in [-0.2, 0) is 19.1 Å². The van der Waals surface area contributed by atoms with Crippen molar-refractivity contribution >= 4 is 30.2 Å². The number of halogens is 1. The van der Waals surface area contributed by atoms with Crippen molar-refractivity contribution in [1.82, 2.24) is 10.2 Å². The summed E-state index contributed by atoms with van der Waals surface area (Å²) in [6.07, 6.45) is 2.48. The first-order valence-corrected chi connectivity index (χ1v) is 7.28. The molecule has 8 heteroatoms. The molecule has 0 saturated carbocycles. The van der Waals surface area contributed by atoms with Gasteiger partial charge in [0.2, 0.25) is 11.8 Å². The van der Waals surface area contributed by atoms with Gasteiger partial charge in [0.15, 0.2) is 0 Å². The number of nitrogens with zero attached hydrogens (tertiary/aromatic N) is 1. The average Bonchev–Trinajstić information content (AvgIpc) is 2.74. The summed E-state index contributed by atoms with van der Waals surface area (Å²) in [6.45, 7) is 2.88. The Morgan fingerprint density at radius 1 is 1.45 bits per heavy atom. The highest BCUT2D eigenvalue weighted by Crippen LogP contribution is 2.36. The molecule has 0 aliphatic carbocycles. The summed E-state index contributed by atoms with van der Waals surface area (Å²) in [7, 11) is 1.29. The predicted octanol–water partition coefficient (Wildman–Crippen LogP) is -0.184. The van der Waals surface area contributed by atoms with Crippen LogP contribution in [0.3, 0.4) is 0 Å². The smallest absolute Gasteiger partial charge is 0.322 e. The van der Waals surface area contributed by atoms with Crippen LogP contribution in [-0.4, -0.2) is 54.5 Å². The normalized spacial score (nSPS) is 24.4. The lowest BCUT2D eigenvalue weighted by Gasteiger charge is -2.39. The van der Waals surface area contributed by atoms with Crippen LogP contribution in [0.5, 0.6) is 0 Å². The number of ether oxygens (including phenoxy) is 1. The van der Waals surface area contributed by atoms with Gasteiger partial charge in [0.05, 0.1) is 7.11 Å². The number of carbonyl (C=O) groups excluding carboxylic acids is 3. The van der Waals surface area contributed by atoms with Crippen LogP contribution >= 0.6 is 12.4 Å². The van der Waals surface area contributed by atoms with Crippen LogP contribution in [0, 0.1) is 5.92 Å². The standard InChI is InChI=1S/C14H23N3O4.ClH/c1-9(18)17-5-3-14(4-6-17)8-10(12(19)16-14)7-11(15)13(20)21-2;/h10-11H,3-8,15H2,1-2H3,(H,16,19);1H/t10-,11?;/m0./s1. The molecular weight excluding hydrogens is 310 g/mol. The molecule has 2 heterocycles. The molecule has 1 spiro atoms. The number of hydrogen-bond donors (Lipinski definition) is 2. The number of nitrogens with two attached hydrogens (primary N) is 1. The number of nitrogens with one attached hydrogen (secondary N) is 1. The number of hydrogen-bond acceptors (Lipinski definition) is 5. The van der Waals surface area contributed by atoms with Gasteiger partial charge in [-0.25, -0.2) is 0 Å². The molecule has 0 radical (unpaired) electrons. The molecule has 2 amide bonds. The van der Waals surface area contributed by atoms with Crippen molar-refractivity contribution in [2.24, 2.45) is 11.7 Å². The number of amides is 2. The largest absolute Gasteiger partial charge is 0.468 e. The second-order valence-electron chi connectivity index (χ2n) is 6.04. The van der Waals surface area contributed by atoms with Crippen LogP contribution in [0.25, 0.3) is 0 Å². The van der Waals surface area contributed by atoms with E-state index in [2.05, 4.69) is 10.1 Å². The van der Waals surface area contributed by atoms with Crippen LogP contribution < -0.4 is 11.1 Å². The number of methoxy groups -OCH3 is 1. The third-order valence-corrected chi connectivity index (χ3v) is 4.60. The van der Waals surface area contributed by atoms with Crippen molar-refractivity contribution in [3.63, 3.8) is 0 Å². The van der Waals surface area contributed by atoms with E-state index in [1.165, 1.54) is 7.11 Å². The molecular formula is C14H24ClN3O4. The van der Waals surface area contributed by atoms with E-state index >= 15 is 0 Å². The fourth-order valence-corrected chi connectivity index (χ4v) is 3.30. The second kappa shape index (κ2) is 7.28. The predicted molar refractivity (Wildman–Crippen MR) is 82.3 cm³/mol. The highest BCUT2D eigenvalue weighted by molar-refractivity contribution is 5.85. The molecule has 2 aliphatic heterocycles. The molecule has 126 valence electrons. The van der Waals surface area contributed by atoms with E-state index in [4.69, 9.17) is 5.73 Å². The zero-order valence-corrected chi connectivity index (χ0v) is 13.8. The van der Waals surface area contributed by atoms with Crippen molar-refractivity contribution in [2.45, 2.75) is 44.2 Å². The van der Waals surface area contributed by atoms with E-state index in [1.807, 2.05) is 0 Å². The van der Waals surface area contributed by atoms with Crippen molar-refractivity contribution in [1.29, 1.82) is 0 Å². The van der Waals surface area contributed by atoms with Crippen LogP contribution in [0.2, 0.25) is 0 Å². The first-order valence-electron chi connectivity index (χ1n) is 7.28. The summed E-state index contributed by atoms with van der Waals surface area (Å²) < 4.78 is 4.60. The molecule has 2 rings (SSSR count). The number of rotatable bonds is 3. The molecule has 7 nitrogen and oxygen atoms in total. The molecule has 0 bridgehead atoms. The Hall–Kier alpha value is -1.34. The zero-order chi connectivity index (χ0) is 15.6. The Morgan fingerprint density at radius 3 is 2.55 bits per heavy atom. The van der Waals surface area contributed by atoms with Crippen molar-refractivity contribution in [3.05, 3.63) is 0 Å². The van der Waals surface area contributed by atoms with Crippen molar-refractivity contribution in [2.75, 3.05) is 20.2 Å². The fraction of sp³-hybridized carbons (Fsp3) is 0.786. The van der Waals surface area contributed by atoms with Gasteiger partial charge in [-0.3, -0.25) is 14.4 Å². The molecule has 22 heavy (non-hydrogen) atoms. The van der Waals surface area contributed by atoms with Gasteiger partial charge in [0, 0.05) is 31.5 Å². The Morgan fingerprint density at radius 2 is 2.05 bits per heavy atom. The van der Waals surface area contributed by atoms with Gasteiger partial charge in [-0.15, -0.1) is 12.4 Å². The lowest BCUT2D eigenvalue weighted by Crippen LogP contribution is -2.51. The first kappa shape index (κ1) is 18.7. The van der Waals surface area contributed by atoms with Crippen LogP contribution in [0.15, 0.2) is 0 Å². The monoisotopic (exact) mass is 333 g/mol. The molecule has 3 N–H and O–H groups in total. The third kappa shape index (κ3) is 3.89. The molecule has 0 aromatic heterocycles. The summed E-state index contributed by atoms with van der Waals surface area (Å²) >= 11 is 0. The molecule has 1 unspecified atom stereocenters. The SMILES string of the molecule is COC(=O)C(N)C[C@H]1CC2(CCN(C(C)=O)CC2)NC1=O.Cl. The van der Waals surface area contributed by atoms with Gasteiger partial charge in [-0.05, 0) is 25.7 Å². The van der Waals surface area contributed by atoms with Crippen molar-refractivity contribution in [3.8, 4) is 0 Å². The van der Waals surface area contributed by atoms with Gasteiger partial charge in [0.1, 0.15) is 6.04 Å². The highest BCUT2D eigenvalue weighted by atomic mass is 35.5. The van der Waals surface area contributed by atoms with E-state index < -0.39 is 12.0 Å². The number of esters is 1. The molecule has 2 fully saturated rings. The lowest BCUT2D eigenvalue weighted by molar-refractivity contribution is -0.142. The Bertz CT molecular complexity index is 449. The summed E-state index contributed by atoms with van der Waals surface area (Å²) in [5.41, 5.74) is 5.50. The Kier molecular flexibility index (Phi) is 6.19. The third-order valence-electron chi connectivity index (χ3n) is 4.60. The topological polar surface area (TPSA) is 102 Å². The molecule has 0 aromatic rings. The van der Waals surface area contributed by atoms with E-state index in [1.54, 1.807) is 11.8 Å². The minimum atomic E-state index is -0.766. The summed E-state index contributed by atoms with van der Waals surface area (Å²) in [5.74, 6) is -0.734. The molecule has 0 aromatic carbocycles. The van der Waals surface area contributed by atoms with Gasteiger partial charge in [-0.2, -0.15) is 0 Å². The Labute approximate surface area is 136 Å². The van der Waals surface area contributed by atoms with Crippen LogP contribution in [0.4, 0.5) is 0 Å². The number of carbonyl (C=O) groups is 3. The molecule has 2 atom stereocenters. The van der Waals surface area contributed by atoms with E-state index in [9.17, 15) is 14.4 Å². The maximum Gasteiger partial charge on any atom is 0.322 e. The highest BCUT2D eigenvalue weighted by Gasteiger charge is 2.46. The minimum absolute atomic E-state index is 0. The number of piperidine rings is 1. The lowest BCUT2D eigenvalue weighted by atomic mass is 9.82. The van der Waals surface area contributed by atoms with E-state index in [0.717, 1.165) is 12.8 Å². The molecule has 2 aliphatic rings. The summed E-state index contributed by atoms with van der Waals surface area (Å²) in [6, 6.07) is -0.766. The summed E-state index contributed by atoms with van der Waals surface area (Å²) in [4.78, 5) is 36.6. The maximum atomic E-state index is 12.1. The number of likely N-dealkylation sites (tertiary alicyclic amines) is 1. The Balaban J connectivity index is 0.00000242. The fourth-order valence-electron chi connectivity index (χ4n) is 3.30. The average molecular weight is 334 g/mol. The van der Waals surface area contributed by atoms with Gasteiger partial charge >= 0.3 is 5.97 Å². The van der Waals surface area contributed by atoms with Gasteiger partial charge < -0.3 is 20.7 Å². The second-order valence-corrected chi connectivity index (χ2v) is 6.04. The quantitative estimate of drug-likeness (QED) is 0.697. The van der Waals surface area contributed by atoms with Gasteiger partial charge in [0.25, 0.3) is 0 Å². The van der Waals surface area contributed by atoms with Crippen molar-refractivity contribution < 1.29 is 19.1 Å². The molecule has 2 saturated heterocycles. The van der Waals surface area contributed by atoms with Gasteiger partial charge in [-0.1, -0.05) is 0 Å². The van der Waals surface area contributed by atoms with Crippen LogP contribution in [0.1, 0.15) is 32.6 Å². The summed E-state index contributed by atoms with van der Waals surface area (Å²) in [5, 5.41) is 3.06. The van der Waals surface area contributed by atoms with E-state index in [-0.39, 0.29) is 35.7 Å². The maximum absolute atomic E-state index is 12.1. The zero-order valence-electron chi connectivity index (χ0n) is 13.0.